The van der Waals surface area contributed by atoms with Crippen molar-refractivity contribution in [1.82, 2.24) is 0 Å². The number of amides is 1. The lowest BCUT2D eigenvalue weighted by Gasteiger charge is -2.18. The van der Waals surface area contributed by atoms with Crippen LogP contribution in [0, 0.1) is 11.8 Å². The lowest BCUT2D eigenvalue weighted by molar-refractivity contribution is -0.140. The van der Waals surface area contributed by atoms with Gasteiger partial charge in [0.25, 0.3) is 0 Å². The largest absolute Gasteiger partial charge is 0.480 e. The maximum Gasteiger partial charge on any atom is 0.320 e. The quantitative estimate of drug-likeness (QED) is 0.527. The molecule has 0 spiro atoms. The fourth-order valence-corrected chi connectivity index (χ4v) is 1.53. The Kier molecular flexibility index (Phi) is 2.87. The highest BCUT2D eigenvalue weighted by Crippen LogP contribution is 2.39. The Morgan fingerprint density at radius 3 is 2.31 bits per heavy atom. The Hall–Kier alpha value is -1.10. The summed E-state index contributed by atoms with van der Waals surface area (Å²) in [5.41, 5.74) is 10.5. The molecule has 5 N–H and O–H groups in total. The van der Waals surface area contributed by atoms with E-state index in [1.807, 2.05) is 0 Å². The summed E-state index contributed by atoms with van der Waals surface area (Å²) in [4.78, 5) is 21.2. The van der Waals surface area contributed by atoms with Crippen LogP contribution in [0.1, 0.15) is 19.3 Å². The molecule has 13 heavy (non-hydrogen) atoms. The number of carbonyl (C=O) groups excluding carboxylic acids is 1. The van der Waals surface area contributed by atoms with Crippen molar-refractivity contribution in [2.75, 3.05) is 0 Å². The molecule has 1 aliphatic carbocycles. The molecule has 2 atom stereocenters. The van der Waals surface area contributed by atoms with Gasteiger partial charge in [0, 0.05) is 6.42 Å². The number of rotatable bonds is 5. The van der Waals surface area contributed by atoms with Crippen molar-refractivity contribution >= 4 is 11.9 Å². The van der Waals surface area contributed by atoms with Gasteiger partial charge in [-0.05, 0) is 24.7 Å². The summed E-state index contributed by atoms with van der Waals surface area (Å²) in [6.07, 6.45) is 2.00. The number of carbonyl (C=O) groups is 2. The summed E-state index contributed by atoms with van der Waals surface area (Å²) < 4.78 is 0. The molecule has 1 fully saturated rings. The van der Waals surface area contributed by atoms with Gasteiger partial charge >= 0.3 is 5.97 Å². The van der Waals surface area contributed by atoms with Crippen molar-refractivity contribution in [2.24, 2.45) is 23.3 Å². The number of hydrogen-bond acceptors (Lipinski definition) is 3. The molecule has 0 bridgehead atoms. The predicted molar refractivity (Wildman–Crippen MR) is 45.6 cm³/mol. The Labute approximate surface area is 76.1 Å². The average molecular weight is 186 g/mol. The SMILES string of the molecule is NC(=O)CC(C1CC1)[C@H](N)C(=O)O. The molecule has 0 saturated heterocycles. The highest BCUT2D eigenvalue weighted by Gasteiger charge is 2.38. The normalized spacial score (nSPS) is 20.7. The van der Waals surface area contributed by atoms with Crippen molar-refractivity contribution in [3.05, 3.63) is 0 Å². The second-order valence-electron chi connectivity index (χ2n) is 3.54. The maximum absolute atomic E-state index is 10.6. The lowest BCUT2D eigenvalue weighted by atomic mass is 9.91. The summed E-state index contributed by atoms with van der Waals surface area (Å²) >= 11 is 0. The number of nitrogens with two attached hydrogens (primary N) is 2. The molecule has 1 aliphatic rings. The van der Waals surface area contributed by atoms with Crippen LogP contribution in [0.4, 0.5) is 0 Å². The molecule has 0 aliphatic heterocycles. The highest BCUT2D eigenvalue weighted by molar-refractivity contribution is 5.78. The minimum atomic E-state index is -1.06. The number of primary amides is 1. The minimum absolute atomic E-state index is 0.0815. The van der Waals surface area contributed by atoms with Crippen molar-refractivity contribution in [3.8, 4) is 0 Å². The van der Waals surface area contributed by atoms with Crippen LogP contribution in [0.15, 0.2) is 0 Å². The molecular weight excluding hydrogens is 172 g/mol. The fraction of sp³-hybridized carbons (Fsp3) is 0.750. The molecule has 1 unspecified atom stereocenters. The molecule has 5 heteroatoms. The number of carboxylic acid groups (broad SMARTS) is 1. The van der Waals surface area contributed by atoms with Crippen LogP contribution in [0.5, 0.6) is 0 Å². The minimum Gasteiger partial charge on any atom is -0.480 e. The summed E-state index contributed by atoms with van der Waals surface area (Å²) in [6.45, 7) is 0. The van der Waals surface area contributed by atoms with E-state index in [4.69, 9.17) is 16.6 Å². The van der Waals surface area contributed by atoms with Gasteiger partial charge in [0.05, 0.1) is 0 Å². The lowest BCUT2D eigenvalue weighted by Crippen LogP contribution is -2.41. The van der Waals surface area contributed by atoms with Gasteiger partial charge < -0.3 is 16.6 Å². The van der Waals surface area contributed by atoms with Crippen molar-refractivity contribution < 1.29 is 14.7 Å². The van der Waals surface area contributed by atoms with Crippen molar-refractivity contribution in [1.29, 1.82) is 0 Å². The zero-order chi connectivity index (χ0) is 10.0. The van der Waals surface area contributed by atoms with Gasteiger partial charge in [-0.1, -0.05) is 0 Å². The third-order valence-corrected chi connectivity index (χ3v) is 2.41. The van der Waals surface area contributed by atoms with E-state index in [0.717, 1.165) is 12.8 Å². The molecule has 74 valence electrons. The van der Waals surface area contributed by atoms with E-state index in [0.29, 0.717) is 0 Å². The second-order valence-corrected chi connectivity index (χ2v) is 3.54. The van der Waals surface area contributed by atoms with Gasteiger partial charge in [0.15, 0.2) is 0 Å². The van der Waals surface area contributed by atoms with E-state index in [1.165, 1.54) is 0 Å². The van der Waals surface area contributed by atoms with E-state index in [1.54, 1.807) is 0 Å². The molecule has 0 aromatic carbocycles. The zero-order valence-electron chi connectivity index (χ0n) is 7.27. The van der Waals surface area contributed by atoms with Crippen LogP contribution in [0.25, 0.3) is 0 Å². The number of carboxylic acids is 1. The summed E-state index contributed by atoms with van der Waals surface area (Å²) in [5, 5.41) is 8.66. The van der Waals surface area contributed by atoms with Crippen LogP contribution in [0.2, 0.25) is 0 Å². The first-order valence-electron chi connectivity index (χ1n) is 4.29. The van der Waals surface area contributed by atoms with Crippen molar-refractivity contribution in [3.63, 3.8) is 0 Å². The Balaban J connectivity index is 2.55. The molecule has 0 heterocycles. The monoisotopic (exact) mass is 186 g/mol. The van der Waals surface area contributed by atoms with Crippen LogP contribution in [-0.4, -0.2) is 23.0 Å². The zero-order valence-corrected chi connectivity index (χ0v) is 7.27. The maximum atomic E-state index is 10.6. The number of aliphatic carboxylic acids is 1. The second kappa shape index (κ2) is 3.74. The highest BCUT2D eigenvalue weighted by atomic mass is 16.4. The average Bonchev–Trinajstić information content (AvgIpc) is 2.80. The molecule has 0 radical (unpaired) electrons. The van der Waals surface area contributed by atoms with Gasteiger partial charge in [-0.15, -0.1) is 0 Å². The van der Waals surface area contributed by atoms with Gasteiger partial charge in [-0.2, -0.15) is 0 Å². The molecule has 0 aromatic heterocycles. The van der Waals surface area contributed by atoms with Gasteiger partial charge in [0.1, 0.15) is 6.04 Å². The van der Waals surface area contributed by atoms with E-state index in [9.17, 15) is 9.59 Å². The molecule has 1 amide bonds. The fourth-order valence-electron chi connectivity index (χ4n) is 1.53. The van der Waals surface area contributed by atoms with Gasteiger partial charge in [0.2, 0.25) is 5.91 Å². The first-order chi connectivity index (χ1) is 6.02. The summed E-state index contributed by atoms with van der Waals surface area (Å²) in [7, 11) is 0. The van der Waals surface area contributed by atoms with Crippen LogP contribution < -0.4 is 11.5 Å². The van der Waals surface area contributed by atoms with E-state index >= 15 is 0 Å². The molecule has 0 aromatic rings. The molecule has 1 rings (SSSR count). The molecule has 1 saturated carbocycles. The Bertz CT molecular complexity index is 225. The smallest absolute Gasteiger partial charge is 0.320 e. The summed E-state index contributed by atoms with van der Waals surface area (Å²) in [5.74, 6) is -1.54. The van der Waals surface area contributed by atoms with Gasteiger partial charge in [-0.3, -0.25) is 9.59 Å². The third kappa shape index (κ3) is 2.69. The van der Waals surface area contributed by atoms with Crippen LogP contribution >= 0.6 is 0 Å². The van der Waals surface area contributed by atoms with Crippen LogP contribution in [-0.2, 0) is 9.59 Å². The van der Waals surface area contributed by atoms with E-state index in [2.05, 4.69) is 0 Å². The molecule has 5 nitrogen and oxygen atoms in total. The predicted octanol–water partition coefficient (Wildman–Crippen LogP) is -0.700. The standard InChI is InChI=1S/C8H14N2O3/c9-6(11)3-5(4-1-2-4)7(10)8(12)13/h4-5,7H,1-3,10H2,(H2,9,11)(H,12,13)/t5?,7-/m0/s1. The molecular formula is C8H14N2O3. The third-order valence-electron chi connectivity index (χ3n) is 2.41. The Morgan fingerprint density at radius 2 is 2.00 bits per heavy atom. The van der Waals surface area contributed by atoms with Crippen LogP contribution in [0.3, 0.4) is 0 Å². The summed E-state index contributed by atoms with van der Waals surface area (Å²) in [6, 6.07) is -0.958. The number of hydrogen-bond donors (Lipinski definition) is 3. The van der Waals surface area contributed by atoms with E-state index < -0.39 is 17.9 Å². The topological polar surface area (TPSA) is 106 Å². The van der Waals surface area contributed by atoms with E-state index in [-0.39, 0.29) is 18.3 Å². The van der Waals surface area contributed by atoms with Crippen molar-refractivity contribution in [2.45, 2.75) is 25.3 Å². The first kappa shape index (κ1) is 9.98. The Morgan fingerprint density at radius 1 is 1.46 bits per heavy atom. The first-order valence-corrected chi connectivity index (χ1v) is 4.29. The van der Waals surface area contributed by atoms with Gasteiger partial charge in [-0.25, -0.2) is 0 Å².